The third kappa shape index (κ3) is 16.3. The number of rotatable bonds is 2. The Kier molecular flexibility index (Phi) is 12.1. The second-order valence-corrected chi connectivity index (χ2v) is 13.9. The third-order valence-corrected chi connectivity index (χ3v) is 5.25. The van der Waals surface area contributed by atoms with E-state index in [0.717, 1.165) is 7.14 Å². The summed E-state index contributed by atoms with van der Waals surface area (Å²) in [7, 11) is -3.91. The minimum absolute atomic E-state index is 0.0367. The Hall–Kier alpha value is -1.36. The molecule has 0 aliphatic heterocycles. The van der Waals surface area contributed by atoms with E-state index in [1.165, 1.54) is 12.1 Å². The van der Waals surface area contributed by atoms with Crippen molar-refractivity contribution in [3.05, 3.63) is 25.3 Å². The Labute approximate surface area is 228 Å². The van der Waals surface area contributed by atoms with Crippen LogP contribution in [0.15, 0.2) is 23.1 Å². The standard InChI is InChI=1S/C11H13I2NO4S.C10H18O5/c1-11(2,3)18-10(15)14-19(16,17)9-5-7(12)4-8(13)6-9;1-9(2,3)14-7(11)13-8(12)15-10(4,5)6/h4-6H,1-3H3,(H,14,15);1-6H3. The van der Waals surface area contributed by atoms with Crippen LogP contribution in [0.4, 0.5) is 14.4 Å². The summed E-state index contributed by atoms with van der Waals surface area (Å²) in [4.78, 5) is 33.6. The molecule has 0 aromatic heterocycles. The molecule has 1 amide bonds. The van der Waals surface area contributed by atoms with Crippen LogP contribution >= 0.6 is 45.2 Å². The largest absolute Gasteiger partial charge is 0.519 e. The van der Waals surface area contributed by atoms with Crippen molar-refractivity contribution in [3.8, 4) is 0 Å². The lowest BCUT2D eigenvalue weighted by molar-refractivity contribution is -0.0294. The summed E-state index contributed by atoms with van der Waals surface area (Å²) in [6, 6.07) is 4.79. The molecule has 0 aliphatic rings. The molecule has 0 spiro atoms. The molecule has 0 radical (unpaired) electrons. The van der Waals surface area contributed by atoms with E-state index in [0.29, 0.717) is 0 Å². The van der Waals surface area contributed by atoms with Gasteiger partial charge in [0.25, 0.3) is 10.0 Å². The number of nitrogens with one attached hydrogen (secondary N) is 1. The van der Waals surface area contributed by atoms with Gasteiger partial charge in [0, 0.05) is 7.14 Å². The van der Waals surface area contributed by atoms with Crippen LogP contribution in [0.1, 0.15) is 62.3 Å². The smallest absolute Gasteiger partial charge is 0.443 e. The summed E-state index contributed by atoms with van der Waals surface area (Å²) in [5.41, 5.74) is -2.14. The first kappa shape index (κ1) is 32.6. The van der Waals surface area contributed by atoms with Crippen LogP contribution in [0.3, 0.4) is 0 Å². The van der Waals surface area contributed by atoms with Gasteiger partial charge in [-0.05, 0) is 126 Å². The number of hydrogen-bond acceptors (Lipinski definition) is 9. The van der Waals surface area contributed by atoms with E-state index in [1.807, 2.05) is 56.0 Å². The monoisotopic (exact) mass is 727 g/mol. The average Bonchev–Trinajstić information content (AvgIpc) is 2.47. The fourth-order valence-corrected chi connectivity index (χ4v) is 5.06. The molecular weight excluding hydrogens is 696 g/mol. The van der Waals surface area contributed by atoms with Crippen molar-refractivity contribution in [2.45, 2.75) is 84.0 Å². The van der Waals surface area contributed by atoms with Crippen LogP contribution in [0.2, 0.25) is 0 Å². The predicted molar refractivity (Wildman–Crippen MR) is 142 cm³/mol. The van der Waals surface area contributed by atoms with Crippen LogP contribution in [0.5, 0.6) is 0 Å². The van der Waals surface area contributed by atoms with E-state index >= 15 is 0 Å². The lowest BCUT2D eigenvalue weighted by Gasteiger charge is -2.20. The molecule has 0 unspecified atom stereocenters. The molecule has 0 bridgehead atoms. The van der Waals surface area contributed by atoms with Gasteiger partial charge in [0.2, 0.25) is 0 Å². The number of hydrogen-bond donors (Lipinski definition) is 1. The maximum absolute atomic E-state index is 12.0. The highest BCUT2D eigenvalue weighted by molar-refractivity contribution is 14.1. The lowest BCUT2D eigenvalue weighted by Crippen LogP contribution is -2.36. The summed E-state index contributed by atoms with van der Waals surface area (Å²) < 4.78 is 46.2. The Balaban J connectivity index is 0.000000661. The van der Waals surface area contributed by atoms with Gasteiger partial charge < -0.3 is 18.9 Å². The number of benzene rings is 1. The highest BCUT2D eigenvalue weighted by Gasteiger charge is 2.25. The molecule has 0 fully saturated rings. The highest BCUT2D eigenvalue weighted by Crippen LogP contribution is 2.18. The van der Waals surface area contributed by atoms with Gasteiger partial charge in [0.05, 0.1) is 4.90 Å². The van der Waals surface area contributed by atoms with Crippen molar-refractivity contribution >= 4 is 73.6 Å². The first-order valence-electron chi connectivity index (χ1n) is 9.85. The van der Waals surface area contributed by atoms with Crippen molar-refractivity contribution in [1.82, 2.24) is 4.72 Å². The Morgan fingerprint density at radius 3 is 1.38 bits per heavy atom. The number of ether oxygens (including phenoxy) is 4. The molecule has 194 valence electrons. The fraction of sp³-hybridized carbons (Fsp3) is 0.571. The number of halogens is 2. The zero-order valence-corrected chi connectivity index (χ0v) is 25.7. The van der Waals surface area contributed by atoms with Crippen LogP contribution in [-0.2, 0) is 29.0 Å². The maximum Gasteiger partial charge on any atom is 0.519 e. The van der Waals surface area contributed by atoms with Crippen LogP contribution in [0, 0.1) is 7.14 Å². The molecule has 1 N–H and O–H groups in total. The van der Waals surface area contributed by atoms with Crippen molar-refractivity contribution in [1.29, 1.82) is 0 Å². The number of carbonyl (C=O) groups excluding carboxylic acids is 3. The van der Waals surface area contributed by atoms with E-state index in [9.17, 15) is 22.8 Å². The first-order valence-corrected chi connectivity index (χ1v) is 13.5. The zero-order chi connectivity index (χ0) is 27.1. The van der Waals surface area contributed by atoms with E-state index < -0.39 is 45.2 Å². The summed E-state index contributed by atoms with van der Waals surface area (Å²) in [6.45, 7) is 15.0. The quantitative estimate of drug-likeness (QED) is 0.169. The first-order chi connectivity index (χ1) is 15.0. The van der Waals surface area contributed by atoms with E-state index in [2.05, 4.69) is 4.74 Å². The highest BCUT2D eigenvalue weighted by atomic mass is 127. The number of amides is 1. The topological polar surface area (TPSA) is 134 Å². The van der Waals surface area contributed by atoms with Crippen molar-refractivity contribution in [3.63, 3.8) is 0 Å². The molecule has 0 atom stereocenters. The molecular formula is C21H31I2NO9S. The zero-order valence-electron chi connectivity index (χ0n) is 20.6. The Morgan fingerprint density at radius 2 is 1.06 bits per heavy atom. The molecule has 34 heavy (non-hydrogen) atoms. The van der Waals surface area contributed by atoms with Crippen LogP contribution < -0.4 is 4.72 Å². The molecule has 13 heteroatoms. The van der Waals surface area contributed by atoms with Crippen molar-refractivity contribution < 1.29 is 41.7 Å². The van der Waals surface area contributed by atoms with Gasteiger partial charge in [0.1, 0.15) is 16.8 Å². The van der Waals surface area contributed by atoms with Gasteiger partial charge in [-0.15, -0.1) is 0 Å². The minimum atomic E-state index is -3.91. The molecule has 1 aromatic carbocycles. The normalized spacial score (nSPS) is 12.0. The second kappa shape index (κ2) is 12.6. The Bertz CT molecular complexity index is 943. The number of carbonyl (C=O) groups is 3. The fourth-order valence-electron chi connectivity index (χ4n) is 1.76. The van der Waals surface area contributed by atoms with Gasteiger partial charge in [-0.3, -0.25) is 0 Å². The number of sulfonamides is 1. The summed E-state index contributed by atoms with van der Waals surface area (Å²) in [5.74, 6) is 0. The molecule has 0 aliphatic carbocycles. The third-order valence-electron chi connectivity index (χ3n) is 2.71. The molecule has 0 saturated carbocycles. The van der Waals surface area contributed by atoms with E-state index in [-0.39, 0.29) is 4.90 Å². The van der Waals surface area contributed by atoms with E-state index in [1.54, 1.807) is 62.3 Å². The minimum Gasteiger partial charge on any atom is -0.443 e. The van der Waals surface area contributed by atoms with Gasteiger partial charge in [-0.25, -0.2) is 27.5 Å². The lowest BCUT2D eigenvalue weighted by atomic mass is 10.2. The predicted octanol–water partition coefficient (Wildman–Crippen LogP) is 5.98. The summed E-state index contributed by atoms with van der Waals surface area (Å²) >= 11 is 4.03. The SMILES string of the molecule is CC(C)(C)OC(=O)NS(=O)(=O)c1cc(I)cc(I)c1.CC(C)(C)OC(=O)OC(=O)OC(C)(C)C. The van der Waals surface area contributed by atoms with Gasteiger partial charge in [-0.1, -0.05) is 0 Å². The molecule has 0 saturated heterocycles. The maximum atomic E-state index is 12.0. The molecule has 0 heterocycles. The summed E-state index contributed by atoms with van der Waals surface area (Å²) in [6.07, 6.45) is -3.10. The van der Waals surface area contributed by atoms with Gasteiger partial charge in [-0.2, -0.15) is 0 Å². The second-order valence-electron chi connectivity index (χ2n) is 9.74. The van der Waals surface area contributed by atoms with Crippen molar-refractivity contribution in [2.24, 2.45) is 0 Å². The van der Waals surface area contributed by atoms with Gasteiger partial charge in [0.15, 0.2) is 0 Å². The molecule has 1 rings (SSSR count). The summed E-state index contributed by atoms with van der Waals surface area (Å²) in [5, 5.41) is 0. The van der Waals surface area contributed by atoms with E-state index in [4.69, 9.17) is 14.2 Å². The van der Waals surface area contributed by atoms with Crippen LogP contribution in [-0.4, -0.2) is 43.6 Å². The molecule has 1 aromatic rings. The van der Waals surface area contributed by atoms with Crippen LogP contribution in [0.25, 0.3) is 0 Å². The molecule has 10 nitrogen and oxygen atoms in total. The van der Waals surface area contributed by atoms with Gasteiger partial charge >= 0.3 is 18.4 Å². The van der Waals surface area contributed by atoms with Crippen molar-refractivity contribution in [2.75, 3.05) is 0 Å². The average molecular weight is 727 g/mol. The Morgan fingerprint density at radius 1 is 0.706 bits per heavy atom.